The van der Waals surface area contributed by atoms with Crippen molar-refractivity contribution in [3.63, 3.8) is 0 Å². The van der Waals surface area contributed by atoms with E-state index >= 15 is 0 Å². The van der Waals surface area contributed by atoms with Gasteiger partial charge in [0, 0.05) is 5.56 Å². The second kappa shape index (κ2) is 9.07. The van der Waals surface area contributed by atoms with Gasteiger partial charge in [-0.1, -0.05) is 18.2 Å². The quantitative estimate of drug-likeness (QED) is 0.259. The maximum absolute atomic E-state index is 13.3. The number of benzene rings is 2. The maximum atomic E-state index is 13.3. The molecule has 8 heteroatoms. The lowest BCUT2D eigenvalue weighted by Gasteiger charge is -2.30. The van der Waals surface area contributed by atoms with Gasteiger partial charge in [-0.2, -0.15) is 0 Å². The second-order valence-electron chi connectivity index (χ2n) is 7.97. The number of esters is 1. The van der Waals surface area contributed by atoms with E-state index < -0.39 is 17.8 Å². The minimum absolute atomic E-state index is 0.0299. The summed E-state index contributed by atoms with van der Waals surface area (Å²) in [7, 11) is 1.33. The minimum atomic E-state index is -0.590. The summed E-state index contributed by atoms with van der Waals surface area (Å²) >= 11 is 5.29. The van der Waals surface area contributed by atoms with Gasteiger partial charge in [-0.25, -0.2) is 4.79 Å². The Hall–Kier alpha value is -4.04. The Morgan fingerprint density at radius 3 is 2.50 bits per heavy atom. The molecule has 3 aromatic rings. The summed E-state index contributed by atoms with van der Waals surface area (Å²) in [5.74, 6) is -0.676. The van der Waals surface area contributed by atoms with Gasteiger partial charge in [0.1, 0.15) is 17.1 Å². The van der Waals surface area contributed by atoms with E-state index in [9.17, 15) is 14.4 Å². The predicted molar refractivity (Wildman–Crippen MR) is 132 cm³/mol. The SMILES string of the molecule is COC(=O)c1ccc(-c2ccc(/C=C3\C(=O)NC(=S)N(c4cc(C)ccc4C)C3=O)o2)c(C)c1. The van der Waals surface area contributed by atoms with Gasteiger partial charge in [-0.05, 0) is 86.1 Å². The van der Waals surface area contributed by atoms with Crippen LogP contribution in [0.5, 0.6) is 0 Å². The average molecular weight is 475 g/mol. The maximum Gasteiger partial charge on any atom is 0.337 e. The zero-order valence-corrected chi connectivity index (χ0v) is 19.9. The number of amides is 2. The Bertz CT molecular complexity index is 1390. The smallest absolute Gasteiger partial charge is 0.337 e. The first kappa shape index (κ1) is 23.1. The summed E-state index contributed by atoms with van der Waals surface area (Å²) in [5, 5.41) is 2.62. The molecule has 1 aliphatic rings. The summed E-state index contributed by atoms with van der Waals surface area (Å²) in [6, 6.07) is 14.2. The third kappa shape index (κ3) is 4.27. The monoisotopic (exact) mass is 474 g/mol. The van der Waals surface area contributed by atoms with Gasteiger partial charge in [0.2, 0.25) is 0 Å². The number of hydrogen-bond donors (Lipinski definition) is 1. The van der Waals surface area contributed by atoms with Crippen LogP contribution in [0.15, 0.2) is 58.5 Å². The molecular formula is C26H22N2O5S. The van der Waals surface area contributed by atoms with Crippen LogP contribution in [-0.2, 0) is 14.3 Å². The van der Waals surface area contributed by atoms with Crippen LogP contribution in [0.25, 0.3) is 17.4 Å². The molecule has 1 fully saturated rings. The van der Waals surface area contributed by atoms with E-state index in [1.54, 1.807) is 30.3 Å². The molecule has 2 amide bonds. The molecule has 1 N–H and O–H groups in total. The van der Waals surface area contributed by atoms with Crippen molar-refractivity contribution in [2.45, 2.75) is 20.8 Å². The topological polar surface area (TPSA) is 88.9 Å². The molecule has 0 bridgehead atoms. The van der Waals surface area contributed by atoms with Crippen LogP contribution in [0.4, 0.5) is 5.69 Å². The molecule has 7 nitrogen and oxygen atoms in total. The van der Waals surface area contributed by atoms with Crippen molar-refractivity contribution in [2.75, 3.05) is 12.0 Å². The summed E-state index contributed by atoms with van der Waals surface area (Å²) in [5.41, 5.74) is 4.36. The number of furan rings is 1. The zero-order valence-electron chi connectivity index (χ0n) is 19.1. The number of rotatable bonds is 4. The van der Waals surface area contributed by atoms with Gasteiger partial charge >= 0.3 is 5.97 Å². The van der Waals surface area contributed by atoms with Crippen LogP contribution in [0, 0.1) is 20.8 Å². The fourth-order valence-electron chi connectivity index (χ4n) is 3.74. The Labute approximate surface area is 202 Å². The Balaban J connectivity index is 1.67. The minimum Gasteiger partial charge on any atom is -0.465 e. The lowest BCUT2D eigenvalue weighted by atomic mass is 10.0. The van der Waals surface area contributed by atoms with Crippen LogP contribution in [0.3, 0.4) is 0 Å². The molecule has 1 saturated heterocycles. The number of nitrogens with zero attached hydrogens (tertiary/aromatic N) is 1. The highest BCUT2D eigenvalue weighted by Gasteiger charge is 2.35. The fourth-order valence-corrected chi connectivity index (χ4v) is 4.01. The van der Waals surface area contributed by atoms with Crippen molar-refractivity contribution in [1.82, 2.24) is 5.32 Å². The van der Waals surface area contributed by atoms with Gasteiger partial charge in [-0.15, -0.1) is 0 Å². The van der Waals surface area contributed by atoms with Crippen molar-refractivity contribution in [3.05, 3.63) is 82.1 Å². The number of carbonyl (C=O) groups excluding carboxylic acids is 3. The number of anilines is 1. The molecule has 0 atom stereocenters. The molecule has 0 saturated carbocycles. The molecule has 0 unspecified atom stereocenters. The van der Waals surface area contributed by atoms with Gasteiger partial charge < -0.3 is 9.15 Å². The molecule has 1 aliphatic heterocycles. The molecule has 4 rings (SSSR count). The van der Waals surface area contributed by atoms with Crippen molar-refractivity contribution in [1.29, 1.82) is 0 Å². The lowest BCUT2D eigenvalue weighted by Crippen LogP contribution is -2.54. The number of ether oxygens (including phenoxy) is 1. The molecule has 0 spiro atoms. The molecule has 172 valence electrons. The van der Waals surface area contributed by atoms with Crippen molar-refractivity contribution >= 4 is 46.9 Å². The van der Waals surface area contributed by atoms with Crippen LogP contribution < -0.4 is 10.2 Å². The Morgan fingerprint density at radius 1 is 1.03 bits per heavy atom. The van der Waals surface area contributed by atoms with Crippen LogP contribution in [0.1, 0.15) is 32.8 Å². The number of nitrogens with one attached hydrogen (secondary N) is 1. The molecule has 2 aromatic carbocycles. The molecule has 0 radical (unpaired) electrons. The number of methoxy groups -OCH3 is 1. The number of thiocarbonyl (C=S) groups is 1. The zero-order chi connectivity index (χ0) is 24.6. The molecule has 2 heterocycles. The summed E-state index contributed by atoms with van der Waals surface area (Å²) in [4.78, 5) is 39.0. The van der Waals surface area contributed by atoms with Gasteiger partial charge in [0.25, 0.3) is 11.8 Å². The van der Waals surface area contributed by atoms with Crippen molar-refractivity contribution < 1.29 is 23.5 Å². The highest BCUT2D eigenvalue weighted by molar-refractivity contribution is 7.80. The number of aryl methyl sites for hydroxylation is 3. The normalized spacial score (nSPS) is 15.0. The van der Waals surface area contributed by atoms with Crippen LogP contribution >= 0.6 is 12.2 Å². The third-order valence-electron chi connectivity index (χ3n) is 5.53. The summed E-state index contributed by atoms with van der Waals surface area (Å²) in [6.45, 7) is 5.64. The molecule has 34 heavy (non-hydrogen) atoms. The largest absolute Gasteiger partial charge is 0.465 e. The summed E-state index contributed by atoms with van der Waals surface area (Å²) < 4.78 is 10.7. The van der Waals surface area contributed by atoms with Crippen molar-refractivity contribution in [3.8, 4) is 11.3 Å². The lowest BCUT2D eigenvalue weighted by molar-refractivity contribution is -0.122. The average Bonchev–Trinajstić information content (AvgIpc) is 3.26. The second-order valence-corrected chi connectivity index (χ2v) is 8.36. The third-order valence-corrected chi connectivity index (χ3v) is 5.82. The predicted octanol–water partition coefficient (Wildman–Crippen LogP) is 4.49. The highest BCUT2D eigenvalue weighted by Crippen LogP contribution is 2.29. The summed E-state index contributed by atoms with van der Waals surface area (Å²) in [6.07, 6.45) is 1.40. The van der Waals surface area contributed by atoms with E-state index in [4.69, 9.17) is 21.4 Å². The van der Waals surface area contributed by atoms with Gasteiger partial charge in [0.15, 0.2) is 5.11 Å². The van der Waals surface area contributed by atoms with Crippen LogP contribution in [-0.4, -0.2) is 30.0 Å². The van der Waals surface area contributed by atoms with E-state index in [-0.39, 0.29) is 10.7 Å². The Morgan fingerprint density at radius 2 is 1.79 bits per heavy atom. The van der Waals surface area contributed by atoms with E-state index in [1.165, 1.54) is 18.1 Å². The first-order valence-corrected chi connectivity index (χ1v) is 10.9. The fraction of sp³-hybridized carbons (Fsp3) is 0.154. The standard InChI is InChI=1S/C26H22N2O5S/c1-14-5-6-15(2)21(11-14)28-24(30)20(23(29)27-26(28)34)13-18-8-10-22(33-18)19-9-7-17(12-16(19)3)25(31)32-4/h5-13H,1-4H3,(H,27,29,34)/b20-13+. The first-order chi connectivity index (χ1) is 16.2. The van der Waals surface area contributed by atoms with Gasteiger partial charge in [-0.3, -0.25) is 19.8 Å². The van der Waals surface area contributed by atoms with Crippen LogP contribution in [0.2, 0.25) is 0 Å². The van der Waals surface area contributed by atoms with E-state index in [1.807, 2.05) is 39.0 Å². The van der Waals surface area contributed by atoms with Gasteiger partial charge in [0.05, 0.1) is 18.4 Å². The molecule has 1 aromatic heterocycles. The van der Waals surface area contributed by atoms with E-state index in [0.29, 0.717) is 22.8 Å². The number of carbonyl (C=O) groups is 3. The van der Waals surface area contributed by atoms with E-state index in [2.05, 4.69) is 5.32 Å². The highest BCUT2D eigenvalue weighted by atomic mass is 32.1. The first-order valence-electron chi connectivity index (χ1n) is 10.5. The molecule has 0 aliphatic carbocycles. The Kier molecular flexibility index (Phi) is 6.17. The van der Waals surface area contributed by atoms with Crippen molar-refractivity contribution in [2.24, 2.45) is 0 Å². The number of hydrogen-bond acceptors (Lipinski definition) is 6. The molecular weight excluding hydrogens is 452 g/mol. The van der Waals surface area contributed by atoms with E-state index in [0.717, 1.165) is 22.3 Å².